The Morgan fingerprint density at radius 1 is 0.896 bits per heavy atom. The fourth-order valence-electron chi connectivity index (χ4n) is 4.41. The van der Waals surface area contributed by atoms with Gasteiger partial charge in [-0.3, -0.25) is 24.0 Å². The highest BCUT2D eigenvalue weighted by atomic mass is 19.4. The fourth-order valence-corrected chi connectivity index (χ4v) is 4.41. The van der Waals surface area contributed by atoms with Crippen LogP contribution in [0.2, 0.25) is 0 Å². The maximum absolute atomic E-state index is 13.4. The second-order valence-corrected chi connectivity index (χ2v) is 10.8. The van der Waals surface area contributed by atoms with E-state index in [-0.39, 0.29) is 12.0 Å². The molecule has 3 rings (SSSR count). The molecule has 19 heteroatoms. The first-order valence-corrected chi connectivity index (χ1v) is 14.2. The molecule has 0 spiro atoms. The van der Waals surface area contributed by atoms with Gasteiger partial charge in [-0.05, 0) is 31.0 Å². The van der Waals surface area contributed by atoms with Crippen molar-refractivity contribution in [2.24, 2.45) is 16.0 Å². The molecule has 5 amide bonds. The monoisotopic (exact) mass is 687 g/mol. The SMILES string of the molecule is C[C@H](NC(=O)[C@H](Cc1ccccc1)NC(=O)CNC(=O)c1cccc(C2(C(F)(F)F)N=N2)c1)C(=O)NC(CCC(N)=O)C(O)C(F)(F)F. The molecule has 1 aliphatic rings. The van der Waals surface area contributed by atoms with E-state index >= 15 is 0 Å². The first-order valence-electron chi connectivity index (χ1n) is 14.2. The Bertz CT molecular complexity index is 1530. The molecule has 0 saturated carbocycles. The van der Waals surface area contributed by atoms with E-state index in [9.17, 15) is 55.4 Å². The number of nitrogens with one attached hydrogen (secondary N) is 4. The number of alkyl halides is 6. The second kappa shape index (κ2) is 15.2. The van der Waals surface area contributed by atoms with Crippen molar-refractivity contribution in [2.45, 2.75) is 68.4 Å². The molecule has 2 aromatic carbocycles. The molecule has 1 aliphatic heterocycles. The lowest BCUT2D eigenvalue weighted by atomic mass is 10.00. The number of benzene rings is 2. The lowest BCUT2D eigenvalue weighted by Crippen LogP contribution is -2.57. The van der Waals surface area contributed by atoms with Gasteiger partial charge in [0.15, 0.2) is 6.10 Å². The van der Waals surface area contributed by atoms with Crippen molar-refractivity contribution in [3.63, 3.8) is 0 Å². The van der Waals surface area contributed by atoms with Crippen molar-refractivity contribution < 1.29 is 55.4 Å². The molecular formula is C29H31F6N7O6. The smallest absolute Gasteiger partial charge is 0.382 e. The summed E-state index contributed by atoms with van der Waals surface area (Å²) < 4.78 is 79.5. The second-order valence-electron chi connectivity index (χ2n) is 10.8. The molecule has 0 aromatic heterocycles. The number of carbonyl (C=O) groups is 5. The van der Waals surface area contributed by atoms with Gasteiger partial charge in [-0.25, -0.2) is 0 Å². The number of nitrogens with two attached hydrogens (primary N) is 1. The summed E-state index contributed by atoms with van der Waals surface area (Å²) in [6.45, 7) is 0.396. The average Bonchev–Trinajstić information content (AvgIpc) is 3.84. The minimum absolute atomic E-state index is 0.136. The van der Waals surface area contributed by atoms with E-state index in [1.54, 1.807) is 30.3 Å². The van der Waals surface area contributed by atoms with Crippen LogP contribution in [-0.2, 0) is 31.3 Å². The number of carbonyl (C=O) groups excluding carboxylic acids is 5. The van der Waals surface area contributed by atoms with E-state index < -0.39 is 96.7 Å². The molecule has 0 saturated heterocycles. The largest absolute Gasteiger partial charge is 0.442 e. The standard InChI is InChI=1S/C29H31F6N7O6/c1-15(24(46)40-19(10-11-21(36)43)23(45)28(30,31)32)38-26(48)20(12-16-6-3-2-4-7-16)39-22(44)14-37-25(47)17-8-5-9-18(13-17)27(41-42-27)29(33,34)35/h2-9,13,15,19-20,23,45H,10-12,14H2,1H3,(H2,36,43)(H,37,47)(H,38,48)(H,39,44)(H,40,46)/t15-,19?,20-,23?/m0/s1. The van der Waals surface area contributed by atoms with Crippen LogP contribution < -0.4 is 27.0 Å². The Hall–Kier alpha value is -5.07. The zero-order valence-electron chi connectivity index (χ0n) is 25.1. The van der Waals surface area contributed by atoms with Crippen LogP contribution >= 0.6 is 0 Å². The van der Waals surface area contributed by atoms with Crippen molar-refractivity contribution in [3.05, 3.63) is 71.3 Å². The highest BCUT2D eigenvalue weighted by Gasteiger charge is 2.65. The Labute approximate surface area is 268 Å². The van der Waals surface area contributed by atoms with Crippen LogP contribution in [0.1, 0.15) is 41.3 Å². The van der Waals surface area contributed by atoms with Gasteiger partial charge in [0.1, 0.15) is 12.1 Å². The average molecular weight is 688 g/mol. The van der Waals surface area contributed by atoms with E-state index in [4.69, 9.17) is 5.73 Å². The molecule has 4 atom stereocenters. The van der Waals surface area contributed by atoms with Gasteiger partial charge in [-0.2, -0.15) is 26.3 Å². The first-order chi connectivity index (χ1) is 22.3. The van der Waals surface area contributed by atoms with E-state index in [2.05, 4.69) is 26.2 Å². The van der Waals surface area contributed by atoms with Gasteiger partial charge >= 0.3 is 18.0 Å². The van der Waals surface area contributed by atoms with Gasteiger partial charge < -0.3 is 32.1 Å². The number of aliphatic hydroxyl groups is 1. The Morgan fingerprint density at radius 3 is 2.10 bits per heavy atom. The molecule has 7 N–H and O–H groups in total. The summed E-state index contributed by atoms with van der Waals surface area (Å²) in [5, 5.41) is 24.6. The third-order valence-corrected chi connectivity index (χ3v) is 7.06. The van der Waals surface area contributed by atoms with Gasteiger partial charge in [-0.1, -0.05) is 42.5 Å². The molecular weight excluding hydrogens is 656 g/mol. The molecule has 0 aliphatic carbocycles. The van der Waals surface area contributed by atoms with Gasteiger partial charge in [0.2, 0.25) is 23.6 Å². The van der Waals surface area contributed by atoms with Gasteiger partial charge in [0.25, 0.3) is 5.91 Å². The van der Waals surface area contributed by atoms with Gasteiger partial charge in [-0.15, -0.1) is 10.2 Å². The van der Waals surface area contributed by atoms with E-state index in [1.807, 2.05) is 5.32 Å². The summed E-state index contributed by atoms with van der Waals surface area (Å²) in [4.78, 5) is 62.4. The number of halogens is 6. The number of amides is 5. The number of hydrogen-bond acceptors (Lipinski definition) is 8. The molecule has 0 bridgehead atoms. The lowest BCUT2D eigenvalue weighted by Gasteiger charge is -2.27. The molecule has 1 heterocycles. The third-order valence-electron chi connectivity index (χ3n) is 7.06. The van der Waals surface area contributed by atoms with Crippen LogP contribution in [0.4, 0.5) is 26.3 Å². The van der Waals surface area contributed by atoms with E-state index in [1.165, 1.54) is 12.1 Å². The van der Waals surface area contributed by atoms with Crippen LogP contribution in [0.15, 0.2) is 64.8 Å². The molecule has 13 nitrogen and oxygen atoms in total. The Morgan fingerprint density at radius 2 is 1.54 bits per heavy atom. The molecule has 48 heavy (non-hydrogen) atoms. The van der Waals surface area contributed by atoms with Crippen molar-refractivity contribution in [1.82, 2.24) is 21.3 Å². The van der Waals surface area contributed by atoms with Gasteiger partial charge in [0, 0.05) is 24.0 Å². The minimum atomic E-state index is -5.15. The Balaban J connectivity index is 1.66. The molecule has 2 aromatic rings. The summed E-state index contributed by atoms with van der Waals surface area (Å²) in [5.41, 5.74) is 2.12. The zero-order chi connectivity index (χ0) is 35.9. The first kappa shape index (κ1) is 37.4. The van der Waals surface area contributed by atoms with Crippen molar-refractivity contribution in [1.29, 1.82) is 0 Å². The third kappa shape index (κ3) is 9.96. The van der Waals surface area contributed by atoms with Gasteiger partial charge in [0.05, 0.1) is 12.6 Å². The topological polar surface area (TPSA) is 204 Å². The summed E-state index contributed by atoms with van der Waals surface area (Å²) in [5.74, 6) is -4.92. The summed E-state index contributed by atoms with van der Waals surface area (Å²) >= 11 is 0. The minimum Gasteiger partial charge on any atom is -0.382 e. The highest BCUT2D eigenvalue weighted by molar-refractivity contribution is 5.97. The van der Waals surface area contributed by atoms with Crippen molar-refractivity contribution in [2.75, 3.05) is 6.54 Å². The van der Waals surface area contributed by atoms with Crippen LogP contribution in [0.5, 0.6) is 0 Å². The van der Waals surface area contributed by atoms with Crippen molar-refractivity contribution in [3.8, 4) is 0 Å². The number of rotatable bonds is 15. The predicted octanol–water partition coefficient (Wildman–Crippen LogP) is 1.50. The normalized spacial score (nSPS) is 16.1. The summed E-state index contributed by atoms with van der Waals surface area (Å²) in [6, 6.07) is 7.73. The maximum atomic E-state index is 13.4. The maximum Gasteiger partial charge on any atom is 0.442 e. The van der Waals surface area contributed by atoms with Crippen LogP contribution in [-0.4, -0.2) is 77.8 Å². The number of aliphatic hydroxyl groups excluding tert-OH is 1. The van der Waals surface area contributed by atoms with Crippen LogP contribution in [0, 0.1) is 0 Å². The Kier molecular flexibility index (Phi) is 11.9. The summed E-state index contributed by atoms with van der Waals surface area (Å²) in [6.07, 6.45) is -14.4. The zero-order valence-corrected chi connectivity index (χ0v) is 25.1. The predicted molar refractivity (Wildman–Crippen MR) is 153 cm³/mol. The summed E-state index contributed by atoms with van der Waals surface area (Å²) in [7, 11) is 0. The fraction of sp³-hybridized carbons (Fsp3) is 0.414. The van der Waals surface area contributed by atoms with E-state index in [0.29, 0.717) is 5.56 Å². The van der Waals surface area contributed by atoms with Crippen LogP contribution in [0.3, 0.4) is 0 Å². The van der Waals surface area contributed by atoms with Crippen LogP contribution in [0.25, 0.3) is 0 Å². The van der Waals surface area contributed by atoms with Crippen molar-refractivity contribution >= 4 is 29.5 Å². The number of primary amides is 1. The quantitative estimate of drug-likeness (QED) is 0.153. The molecule has 0 radical (unpaired) electrons. The lowest BCUT2D eigenvalue weighted by molar-refractivity contribution is -0.212. The molecule has 260 valence electrons. The number of hydrogen-bond donors (Lipinski definition) is 6. The highest BCUT2D eigenvalue weighted by Crippen LogP contribution is 2.52. The van der Waals surface area contributed by atoms with E-state index in [0.717, 1.165) is 19.1 Å². The number of nitrogens with zero attached hydrogens (tertiary/aromatic N) is 2. The molecule has 2 unspecified atom stereocenters. The molecule has 0 fully saturated rings.